The molecule has 0 bridgehead atoms. The monoisotopic (exact) mass is 365 g/mol. The Morgan fingerprint density at radius 2 is 1.81 bits per heavy atom. The average molecular weight is 365 g/mol. The Balaban J connectivity index is 1.65. The van der Waals surface area contributed by atoms with Crippen LogP contribution >= 0.6 is 0 Å². The van der Waals surface area contributed by atoms with Crippen molar-refractivity contribution in [3.63, 3.8) is 0 Å². The van der Waals surface area contributed by atoms with Crippen LogP contribution in [0.3, 0.4) is 0 Å². The first-order valence-electron chi connectivity index (χ1n) is 9.24. The lowest BCUT2D eigenvalue weighted by Gasteiger charge is -2.23. The summed E-state index contributed by atoms with van der Waals surface area (Å²) in [6, 6.07) is 12.9. The van der Waals surface area contributed by atoms with Crippen LogP contribution in [0.2, 0.25) is 0 Å². The normalized spacial score (nSPS) is 15.0. The molecule has 140 valence electrons. The van der Waals surface area contributed by atoms with Crippen LogP contribution in [0.15, 0.2) is 51.7 Å². The number of piperidine rings is 1. The molecular formula is C22H23NO4. The molecule has 2 heterocycles. The highest BCUT2D eigenvalue weighted by molar-refractivity contribution is 5.85. The zero-order valence-electron chi connectivity index (χ0n) is 15.6. The summed E-state index contributed by atoms with van der Waals surface area (Å²) >= 11 is 0. The Morgan fingerprint density at radius 1 is 1.07 bits per heavy atom. The van der Waals surface area contributed by atoms with E-state index in [2.05, 4.69) is 5.32 Å². The fourth-order valence-corrected chi connectivity index (χ4v) is 3.49. The van der Waals surface area contributed by atoms with E-state index >= 15 is 0 Å². The molecule has 0 atom stereocenters. The Morgan fingerprint density at radius 3 is 2.52 bits per heavy atom. The third kappa shape index (κ3) is 3.69. The molecule has 0 spiro atoms. The Bertz CT molecular complexity index is 1000. The molecule has 1 N–H and O–H groups in total. The van der Waals surface area contributed by atoms with Crippen molar-refractivity contribution in [2.75, 3.05) is 20.2 Å². The predicted octanol–water partition coefficient (Wildman–Crippen LogP) is 3.91. The second-order valence-electron chi connectivity index (χ2n) is 6.91. The molecule has 0 radical (unpaired) electrons. The summed E-state index contributed by atoms with van der Waals surface area (Å²) in [5, 5.41) is 3.80. The number of methoxy groups -OCH3 is 1. The molecule has 2 aromatic carbocycles. The Hall–Kier alpha value is -2.79. The number of aryl methyl sites for hydroxylation is 1. The van der Waals surface area contributed by atoms with Gasteiger partial charge in [-0.2, -0.15) is 0 Å². The van der Waals surface area contributed by atoms with Crippen LogP contribution in [-0.4, -0.2) is 26.3 Å². The van der Waals surface area contributed by atoms with Gasteiger partial charge in [0.1, 0.15) is 34.3 Å². The van der Waals surface area contributed by atoms with Crippen molar-refractivity contribution < 1.29 is 13.9 Å². The minimum atomic E-state index is -0.113. The van der Waals surface area contributed by atoms with Crippen LogP contribution in [0, 0.1) is 6.92 Å². The predicted molar refractivity (Wildman–Crippen MR) is 106 cm³/mol. The van der Waals surface area contributed by atoms with Gasteiger partial charge in [-0.3, -0.25) is 4.79 Å². The molecule has 0 amide bonds. The lowest BCUT2D eigenvalue weighted by atomic mass is 10.1. The summed E-state index contributed by atoms with van der Waals surface area (Å²) in [5.41, 5.74) is 2.24. The minimum Gasteiger partial charge on any atom is -0.496 e. The SMILES string of the molecule is COc1cc(C)cc2oc(-c3ccc(OC4CCNCC4)cc3)cc(=O)c12. The average Bonchev–Trinajstić information content (AvgIpc) is 2.68. The van der Waals surface area contributed by atoms with Crippen LogP contribution in [0.4, 0.5) is 0 Å². The number of ether oxygens (including phenoxy) is 2. The first-order valence-corrected chi connectivity index (χ1v) is 9.24. The van der Waals surface area contributed by atoms with Gasteiger partial charge in [-0.05, 0) is 74.8 Å². The van der Waals surface area contributed by atoms with Crippen molar-refractivity contribution in [2.45, 2.75) is 25.9 Å². The second kappa shape index (κ2) is 7.45. The van der Waals surface area contributed by atoms with E-state index in [1.807, 2.05) is 43.3 Å². The van der Waals surface area contributed by atoms with Crippen LogP contribution in [0.5, 0.6) is 11.5 Å². The molecule has 1 aliphatic heterocycles. The van der Waals surface area contributed by atoms with Gasteiger partial charge in [0.25, 0.3) is 0 Å². The number of hydrogen-bond acceptors (Lipinski definition) is 5. The smallest absolute Gasteiger partial charge is 0.197 e. The molecule has 1 aromatic heterocycles. The van der Waals surface area contributed by atoms with Gasteiger partial charge in [0.2, 0.25) is 0 Å². The number of nitrogens with one attached hydrogen (secondary N) is 1. The zero-order valence-corrected chi connectivity index (χ0v) is 15.6. The third-order valence-corrected chi connectivity index (χ3v) is 4.89. The molecule has 0 unspecified atom stereocenters. The first kappa shape index (κ1) is 17.6. The summed E-state index contributed by atoms with van der Waals surface area (Å²) in [6.07, 6.45) is 2.29. The molecule has 0 saturated carbocycles. The molecule has 5 nitrogen and oxygen atoms in total. The minimum absolute atomic E-state index is 0.113. The van der Waals surface area contributed by atoms with E-state index in [-0.39, 0.29) is 11.5 Å². The Kier molecular flexibility index (Phi) is 4.86. The van der Waals surface area contributed by atoms with Gasteiger partial charge in [-0.1, -0.05) is 0 Å². The first-order chi connectivity index (χ1) is 13.1. The maximum atomic E-state index is 12.6. The number of rotatable bonds is 4. The molecule has 1 aliphatic rings. The lowest BCUT2D eigenvalue weighted by molar-refractivity contribution is 0.162. The van der Waals surface area contributed by atoms with Crippen molar-refractivity contribution in [2.24, 2.45) is 0 Å². The highest BCUT2D eigenvalue weighted by Crippen LogP contribution is 2.29. The fraction of sp³-hybridized carbons (Fsp3) is 0.318. The molecule has 27 heavy (non-hydrogen) atoms. The number of fused-ring (bicyclic) bond motifs is 1. The largest absolute Gasteiger partial charge is 0.496 e. The number of hydrogen-bond donors (Lipinski definition) is 1. The topological polar surface area (TPSA) is 60.7 Å². The summed E-state index contributed by atoms with van der Waals surface area (Å²) in [6.45, 7) is 3.93. The van der Waals surface area contributed by atoms with E-state index in [0.717, 1.165) is 42.8 Å². The Labute approximate surface area is 157 Å². The van der Waals surface area contributed by atoms with E-state index in [4.69, 9.17) is 13.9 Å². The van der Waals surface area contributed by atoms with Crippen LogP contribution in [0.1, 0.15) is 18.4 Å². The molecule has 1 saturated heterocycles. The number of benzene rings is 2. The molecule has 4 rings (SSSR count). The lowest BCUT2D eigenvalue weighted by Crippen LogP contribution is -2.34. The van der Waals surface area contributed by atoms with E-state index in [1.165, 1.54) is 6.07 Å². The third-order valence-electron chi connectivity index (χ3n) is 4.89. The van der Waals surface area contributed by atoms with Gasteiger partial charge >= 0.3 is 0 Å². The molecular weight excluding hydrogens is 342 g/mol. The van der Waals surface area contributed by atoms with E-state index in [0.29, 0.717) is 22.5 Å². The quantitative estimate of drug-likeness (QED) is 0.760. The highest BCUT2D eigenvalue weighted by Gasteiger charge is 2.15. The summed E-state index contributed by atoms with van der Waals surface area (Å²) in [7, 11) is 1.56. The maximum Gasteiger partial charge on any atom is 0.197 e. The fourth-order valence-electron chi connectivity index (χ4n) is 3.49. The van der Waals surface area contributed by atoms with Crippen molar-refractivity contribution in [1.82, 2.24) is 5.32 Å². The molecule has 3 aromatic rings. The van der Waals surface area contributed by atoms with Gasteiger partial charge in [0.15, 0.2) is 5.43 Å². The summed E-state index contributed by atoms with van der Waals surface area (Å²) < 4.78 is 17.4. The van der Waals surface area contributed by atoms with Crippen molar-refractivity contribution in [1.29, 1.82) is 0 Å². The second-order valence-corrected chi connectivity index (χ2v) is 6.91. The highest BCUT2D eigenvalue weighted by atomic mass is 16.5. The van der Waals surface area contributed by atoms with Gasteiger partial charge < -0.3 is 19.2 Å². The van der Waals surface area contributed by atoms with Gasteiger partial charge in [0.05, 0.1) is 7.11 Å². The molecule has 0 aliphatic carbocycles. The summed E-state index contributed by atoms with van der Waals surface area (Å²) in [5.74, 6) is 1.91. The van der Waals surface area contributed by atoms with Gasteiger partial charge in [-0.15, -0.1) is 0 Å². The molecule has 1 fully saturated rings. The van der Waals surface area contributed by atoms with Crippen LogP contribution in [0.25, 0.3) is 22.3 Å². The van der Waals surface area contributed by atoms with Gasteiger partial charge in [-0.25, -0.2) is 0 Å². The van der Waals surface area contributed by atoms with Crippen molar-refractivity contribution in [3.8, 4) is 22.8 Å². The maximum absolute atomic E-state index is 12.6. The van der Waals surface area contributed by atoms with Crippen LogP contribution < -0.4 is 20.2 Å². The van der Waals surface area contributed by atoms with Crippen LogP contribution in [-0.2, 0) is 0 Å². The van der Waals surface area contributed by atoms with Crippen molar-refractivity contribution in [3.05, 3.63) is 58.3 Å². The summed E-state index contributed by atoms with van der Waals surface area (Å²) in [4.78, 5) is 12.6. The zero-order chi connectivity index (χ0) is 18.8. The van der Waals surface area contributed by atoms with Gasteiger partial charge in [0, 0.05) is 11.6 Å². The van der Waals surface area contributed by atoms with E-state index in [9.17, 15) is 4.79 Å². The molecule has 5 heteroatoms. The standard InChI is InChI=1S/C22H23NO4/c1-14-11-20(25-2)22-18(24)13-19(27-21(22)12-14)15-3-5-16(6-4-15)26-17-7-9-23-10-8-17/h3-6,11-13,17,23H,7-10H2,1-2H3. The van der Waals surface area contributed by atoms with E-state index in [1.54, 1.807) is 7.11 Å². The van der Waals surface area contributed by atoms with Crippen molar-refractivity contribution >= 4 is 11.0 Å². The van der Waals surface area contributed by atoms with E-state index < -0.39 is 0 Å².